The first-order valence-corrected chi connectivity index (χ1v) is 5.99. The van der Waals surface area contributed by atoms with Gasteiger partial charge in [0.15, 0.2) is 0 Å². The van der Waals surface area contributed by atoms with E-state index in [4.69, 9.17) is 5.73 Å². The summed E-state index contributed by atoms with van der Waals surface area (Å²) in [5.41, 5.74) is 8.39. The molecule has 2 heterocycles. The van der Waals surface area contributed by atoms with E-state index in [0.717, 1.165) is 13.0 Å². The fourth-order valence-corrected chi connectivity index (χ4v) is 2.58. The van der Waals surface area contributed by atoms with Gasteiger partial charge in [-0.25, -0.2) is 4.98 Å². The predicted octanol–water partition coefficient (Wildman–Crippen LogP) is 2.23. The first-order chi connectivity index (χ1) is 7.24. The lowest BCUT2D eigenvalue weighted by Gasteiger charge is -2.26. The van der Waals surface area contributed by atoms with Crippen LogP contribution in [0.3, 0.4) is 0 Å². The van der Waals surface area contributed by atoms with Gasteiger partial charge in [-0.3, -0.25) is 0 Å². The zero-order valence-electron chi connectivity index (χ0n) is 9.74. The highest BCUT2D eigenvalue weighted by Crippen LogP contribution is 2.31. The Kier molecular flexibility index (Phi) is 3.10. The molecule has 0 bridgehead atoms. The van der Waals surface area contributed by atoms with E-state index in [0.29, 0.717) is 12.0 Å². The normalized spacial score (nSPS) is 20.7. The third-order valence-corrected chi connectivity index (χ3v) is 3.32. The molecule has 0 radical (unpaired) electrons. The number of hydrogen-bond donors (Lipinski definition) is 1. The minimum Gasteiger partial charge on any atom is -0.331 e. The van der Waals surface area contributed by atoms with Crippen molar-refractivity contribution in [3.63, 3.8) is 0 Å². The lowest BCUT2D eigenvalue weighted by atomic mass is 9.97. The van der Waals surface area contributed by atoms with Crippen LogP contribution in [0.2, 0.25) is 0 Å². The maximum Gasteiger partial charge on any atom is 0.0954 e. The molecule has 84 valence electrons. The SMILES string of the molecule is CC(C)c1ncn2c1CCCC2CCN. The summed E-state index contributed by atoms with van der Waals surface area (Å²) in [5, 5.41) is 0. The van der Waals surface area contributed by atoms with E-state index in [1.807, 2.05) is 6.33 Å². The zero-order chi connectivity index (χ0) is 10.8. The molecule has 1 aliphatic rings. The largest absolute Gasteiger partial charge is 0.331 e. The summed E-state index contributed by atoms with van der Waals surface area (Å²) in [6.07, 6.45) is 6.84. The van der Waals surface area contributed by atoms with Crippen molar-refractivity contribution < 1.29 is 0 Å². The highest BCUT2D eigenvalue weighted by Gasteiger charge is 2.22. The molecule has 0 aromatic carbocycles. The molecule has 1 aromatic heterocycles. The smallest absolute Gasteiger partial charge is 0.0954 e. The molecule has 2 rings (SSSR count). The van der Waals surface area contributed by atoms with Crippen LogP contribution in [0.1, 0.15) is 56.5 Å². The van der Waals surface area contributed by atoms with Crippen molar-refractivity contribution in [3.8, 4) is 0 Å². The number of nitrogens with zero attached hydrogens (tertiary/aromatic N) is 2. The van der Waals surface area contributed by atoms with Crippen LogP contribution < -0.4 is 5.73 Å². The number of hydrogen-bond acceptors (Lipinski definition) is 2. The molecular weight excluding hydrogens is 186 g/mol. The molecule has 1 atom stereocenters. The second-order valence-electron chi connectivity index (χ2n) is 4.76. The number of rotatable bonds is 3. The van der Waals surface area contributed by atoms with E-state index in [9.17, 15) is 0 Å². The summed E-state index contributed by atoms with van der Waals surface area (Å²) in [4.78, 5) is 4.55. The van der Waals surface area contributed by atoms with Gasteiger partial charge >= 0.3 is 0 Å². The van der Waals surface area contributed by atoms with Crippen molar-refractivity contribution in [2.24, 2.45) is 5.73 Å². The van der Waals surface area contributed by atoms with Gasteiger partial charge in [-0.15, -0.1) is 0 Å². The Morgan fingerprint density at radius 3 is 3.07 bits per heavy atom. The summed E-state index contributed by atoms with van der Waals surface area (Å²) in [5.74, 6) is 0.540. The van der Waals surface area contributed by atoms with Gasteiger partial charge in [0.1, 0.15) is 0 Å². The minimum absolute atomic E-state index is 0.540. The number of aromatic nitrogens is 2. The fraction of sp³-hybridized carbons (Fsp3) is 0.750. The average molecular weight is 207 g/mol. The first-order valence-electron chi connectivity index (χ1n) is 5.99. The molecule has 3 heteroatoms. The van der Waals surface area contributed by atoms with Crippen LogP contribution in [0, 0.1) is 0 Å². The number of nitrogens with two attached hydrogens (primary N) is 1. The standard InChI is InChI=1S/C12H21N3/c1-9(2)12-11-5-3-4-10(6-7-13)15(11)8-14-12/h8-10H,3-7,13H2,1-2H3. The quantitative estimate of drug-likeness (QED) is 0.826. The van der Waals surface area contributed by atoms with Gasteiger partial charge < -0.3 is 10.3 Å². The fourth-order valence-electron chi connectivity index (χ4n) is 2.58. The van der Waals surface area contributed by atoms with Crippen molar-refractivity contribution in [1.29, 1.82) is 0 Å². The molecule has 0 saturated heterocycles. The van der Waals surface area contributed by atoms with E-state index in [1.54, 1.807) is 0 Å². The monoisotopic (exact) mass is 207 g/mol. The molecule has 0 aliphatic carbocycles. The maximum atomic E-state index is 5.65. The number of fused-ring (bicyclic) bond motifs is 1. The second-order valence-corrected chi connectivity index (χ2v) is 4.76. The third kappa shape index (κ3) is 1.93. The van der Waals surface area contributed by atoms with E-state index < -0.39 is 0 Å². The van der Waals surface area contributed by atoms with Crippen molar-refractivity contribution in [2.45, 2.75) is 51.5 Å². The van der Waals surface area contributed by atoms with Crippen LogP contribution in [0.15, 0.2) is 6.33 Å². The Morgan fingerprint density at radius 2 is 2.40 bits per heavy atom. The Morgan fingerprint density at radius 1 is 1.60 bits per heavy atom. The van der Waals surface area contributed by atoms with E-state index >= 15 is 0 Å². The average Bonchev–Trinajstić information content (AvgIpc) is 2.62. The molecule has 0 saturated carbocycles. The van der Waals surface area contributed by atoms with Crippen molar-refractivity contribution >= 4 is 0 Å². The molecule has 0 fully saturated rings. The van der Waals surface area contributed by atoms with Crippen LogP contribution in [0.4, 0.5) is 0 Å². The molecule has 1 aromatic rings. The first kappa shape index (κ1) is 10.7. The van der Waals surface area contributed by atoms with E-state index in [-0.39, 0.29) is 0 Å². The topological polar surface area (TPSA) is 43.8 Å². The van der Waals surface area contributed by atoms with Gasteiger partial charge in [-0.05, 0) is 38.1 Å². The van der Waals surface area contributed by atoms with Crippen LogP contribution in [0.5, 0.6) is 0 Å². The highest BCUT2D eigenvalue weighted by atomic mass is 15.1. The molecule has 0 spiro atoms. The Bertz CT molecular complexity index is 328. The van der Waals surface area contributed by atoms with Crippen LogP contribution in [-0.2, 0) is 6.42 Å². The summed E-state index contributed by atoms with van der Waals surface area (Å²) in [7, 11) is 0. The van der Waals surface area contributed by atoms with Crippen LogP contribution in [0.25, 0.3) is 0 Å². The molecule has 2 N–H and O–H groups in total. The van der Waals surface area contributed by atoms with Gasteiger partial charge in [-0.2, -0.15) is 0 Å². The van der Waals surface area contributed by atoms with Crippen LogP contribution in [-0.4, -0.2) is 16.1 Å². The summed E-state index contributed by atoms with van der Waals surface area (Å²) in [6, 6.07) is 0.596. The predicted molar refractivity (Wildman–Crippen MR) is 62.0 cm³/mol. The van der Waals surface area contributed by atoms with E-state index in [1.165, 1.54) is 30.7 Å². The van der Waals surface area contributed by atoms with Crippen molar-refractivity contribution in [1.82, 2.24) is 9.55 Å². The van der Waals surface area contributed by atoms with Crippen molar-refractivity contribution in [3.05, 3.63) is 17.7 Å². The second kappa shape index (κ2) is 4.35. The summed E-state index contributed by atoms with van der Waals surface area (Å²) in [6.45, 7) is 5.21. The summed E-state index contributed by atoms with van der Waals surface area (Å²) >= 11 is 0. The Hall–Kier alpha value is -0.830. The molecule has 1 unspecified atom stereocenters. The zero-order valence-corrected chi connectivity index (χ0v) is 9.74. The molecule has 15 heavy (non-hydrogen) atoms. The Balaban J connectivity index is 2.29. The van der Waals surface area contributed by atoms with E-state index in [2.05, 4.69) is 23.4 Å². The summed E-state index contributed by atoms with van der Waals surface area (Å²) < 4.78 is 2.37. The van der Waals surface area contributed by atoms with Gasteiger partial charge in [-0.1, -0.05) is 13.8 Å². The molecule has 0 amide bonds. The van der Waals surface area contributed by atoms with Gasteiger partial charge in [0.25, 0.3) is 0 Å². The molecular formula is C12H21N3. The van der Waals surface area contributed by atoms with Gasteiger partial charge in [0.2, 0.25) is 0 Å². The van der Waals surface area contributed by atoms with Gasteiger partial charge in [0.05, 0.1) is 12.0 Å². The Labute approximate surface area is 91.7 Å². The number of imidazole rings is 1. The lowest BCUT2D eigenvalue weighted by Crippen LogP contribution is -2.20. The molecule has 3 nitrogen and oxygen atoms in total. The highest BCUT2D eigenvalue weighted by molar-refractivity contribution is 5.19. The minimum atomic E-state index is 0.540. The lowest BCUT2D eigenvalue weighted by molar-refractivity contribution is 0.381. The van der Waals surface area contributed by atoms with Gasteiger partial charge in [0, 0.05) is 11.7 Å². The molecule has 1 aliphatic heterocycles. The third-order valence-electron chi connectivity index (χ3n) is 3.32. The maximum absolute atomic E-state index is 5.65. The van der Waals surface area contributed by atoms with Crippen molar-refractivity contribution in [2.75, 3.05) is 6.54 Å². The van der Waals surface area contributed by atoms with Crippen LogP contribution >= 0.6 is 0 Å².